The van der Waals surface area contributed by atoms with E-state index in [1.54, 1.807) is 18.0 Å². The quantitative estimate of drug-likeness (QED) is 0.282. The average molecular weight is 744 g/mol. The van der Waals surface area contributed by atoms with E-state index < -0.39 is 0 Å². The van der Waals surface area contributed by atoms with Crippen molar-refractivity contribution in [1.29, 1.82) is 0 Å². The molecule has 2 aromatic heterocycles. The van der Waals surface area contributed by atoms with Gasteiger partial charge in [0, 0.05) is 43.5 Å². The van der Waals surface area contributed by atoms with Gasteiger partial charge in [-0.15, -0.1) is 12.1 Å². The minimum atomic E-state index is 0. The van der Waals surface area contributed by atoms with E-state index in [-0.39, 0.29) is 7.43 Å². The van der Waals surface area contributed by atoms with Crippen molar-refractivity contribution in [2.75, 3.05) is 38.2 Å². The molecule has 0 bridgehead atoms. The van der Waals surface area contributed by atoms with E-state index in [1.807, 2.05) is 18.2 Å². The fourth-order valence-corrected chi connectivity index (χ4v) is 6.04. The number of anilines is 1. The maximum Gasteiger partial charge on any atom is 0.154 e. The molecule has 1 aromatic carbocycles. The summed E-state index contributed by atoms with van der Waals surface area (Å²) in [6, 6.07) is 13.9. The van der Waals surface area contributed by atoms with Gasteiger partial charge in [-0.3, -0.25) is 9.88 Å². The minimum absolute atomic E-state index is 0. The van der Waals surface area contributed by atoms with E-state index in [0.29, 0.717) is 17.8 Å². The van der Waals surface area contributed by atoms with Crippen LogP contribution < -0.4 is 5.73 Å². The van der Waals surface area contributed by atoms with Crippen molar-refractivity contribution in [3.63, 3.8) is 0 Å². The average Bonchev–Trinajstić information content (AvgIpc) is 3.23. The number of pyridine rings is 1. The summed E-state index contributed by atoms with van der Waals surface area (Å²) >= 11 is 1.74. The first-order valence-corrected chi connectivity index (χ1v) is 13.1. The maximum atomic E-state index is 5.84. The normalized spacial score (nSPS) is 17.7. The van der Waals surface area contributed by atoms with Crippen LogP contribution in [0.25, 0.3) is 11.0 Å². The van der Waals surface area contributed by atoms with Crippen molar-refractivity contribution in [2.45, 2.75) is 43.4 Å². The van der Waals surface area contributed by atoms with Crippen molar-refractivity contribution in [1.82, 2.24) is 24.3 Å². The standard InChI is InChI=1S/C26H33N6S.CH3.Rf/c1-19(21-8-13-30(14-9-21)18-20-7-12-28-25(27)17-20)31-15-10-22(11-16-31)32-24-6-4-3-5-23(24)29-26(32)33-2;;/h4-7,12,17,21-22H,1,8-11,13-16,18H2,2H3,(H2,27,28);1H3;/q2*-1;. The van der Waals surface area contributed by atoms with Gasteiger partial charge < -0.3 is 22.6 Å². The van der Waals surface area contributed by atoms with Crippen LogP contribution in [0.2, 0.25) is 0 Å². The Balaban J connectivity index is 0.00000171. The fourth-order valence-electron chi connectivity index (χ4n) is 5.41. The number of nitrogens with zero attached hydrogens (tertiary/aromatic N) is 5. The summed E-state index contributed by atoms with van der Waals surface area (Å²) in [4.78, 5) is 14.0. The molecule has 2 aliphatic heterocycles. The van der Waals surface area contributed by atoms with Crippen molar-refractivity contribution >= 4 is 28.6 Å². The number of thioether (sulfide) groups is 1. The van der Waals surface area contributed by atoms with Crippen molar-refractivity contribution in [2.24, 2.45) is 5.92 Å². The van der Waals surface area contributed by atoms with Gasteiger partial charge in [0.25, 0.3) is 0 Å². The molecule has 0 atom stereocenters. The van der Waals surface area contributed by atoms with Crippen molar-refractivity contribution < 1.29 is 0 Å². The number of likely N-dealkylation sites (tertiary alicyclic amines) is 2. The number of hydrogen-bond acceptors (Lipinski definition) is 6. The van der Waals surface area contributed by atoms with E-state index in [2.05, 4.69) is 50.4 Å². The van der Waals surface area contributed by atoms with Crippen LogP contribution in [0.4, 0.5) is 5.82 Å². The monoisotopic (exact) mass is 743 g/mol. The van der Waals surface area contributed by atoms with Gasteiger partial charge in [-0.2, -0.15) is 12.1 Å². The molecular formula is C27H36N6RfS-2. The van der Waals surface area contributed by atoms with Crippen LogP contribution in [0.5, 0.6) is 0 Å². The predicted octanol–water partition coefficient (Wildman–Crippen LogP) is 5.05. The summed E-state index contributed by atoms with van der Waals surface area (Å²) in [6.07, 6.45) is 8.56. The third-order valence-electron chi connectivity index (χ3n) is 7.23. The van der Waals surface area contributed by atoms with Gasteiger partial charge in [-0.1, -0.05) is 18.3 Å². The number of benzene rings is 1. The molecule has 0 unspecified atom stereocenters. The molecule has 4 heterocycles. The zero-order valence-electron chi connectivity index (χ0n) is 21.1. The van der Waals surface area contributed by atoms with E-state index >= 15 is 0 Å². The molecule has 2 N–H and O–H groups in total. The molecular weight excluding hydrogens is 707 g/mol. The zero-order chi connectivity index (χ0) is 22.8. The fraction of sp³-hybridized carbons (Fsp3) is 0.444. The molecule has 2 aliphatic rings. The molecule has 0 spiro atoms. The smallest absolute Gasteiger partial charge is 0.154 e. The Labute approximate surface area is 208 Å². The van der Waals surface area contributed by atoms with Crippen LogP contribution in [0.15, 0.2) is 54.0 Å². The first-order valence-electron chi connectivity index (χ1n) is 11.9. The third-order valence-corrected chi connectivity index (χ3v) is 7.88. The molecule has 0 aliphatic carbocycles. The van der Waals surface area contributed by atoms with Crippen LogP contribution in [-0.2, 0) is 6.54 Å². The molecule has 35 heavy (non-hydrogen) atoms. The Hall–Kier alpha value is -3.51. The Bertz CT molecular complexity index is 1120. The number of allylic oxidation sites excluding steroid dienone is 1. The first-order chi connectivity index (χ1) is 16.1. The predicted molar refractivity (Wildman–Crippen MR) is 142 cm³/mol. The summed E-state index contributed by atoms with van der Waals surface area (Å²) in [6.45, 7) is 9.87. The molecule has 5 rings (SSSR count). The molecule has 0 amide bonds. The van der Waals surface area contributed by atoms with Gasteiger partial charge in [-0.25, -0.2) is 4.98 Å². The summed E-state index contributed by atoms with van der Waals surface area (Å²) in [5.74, 6) is 1.19. The summed E-state index contributed by atoms with van der Waals surface area (Å²) < 4.78 is 2.46. The molecule has 0 saturated carbocycles. The van der Waals surface area contributed by atoms with Gasteiger partial charge in [-0.05, 0) is 73.8 Å². The third kappa shape index (κ3) is 5.43. The van der Waals surface area contributed by atoms with E-state index in [4.69, 9.17) is 10.7 Å². The number of rotatable bonds is 6. The second-order valence-electron chi connectivity index (χ2n) is 9.23. The van der Waals surface area contributed by atoms with Crippen molar-refractivity contribution in [3.8, 4) is 0 Å². The Morgan fingerprint density at radius 3 is 2.60 bits per heavy atom. The summed E-state index contributed by atoms with van der Waals surface area (Å²) in [7, 11) is 0. The Morgan fingerprint density at radius 2 is 1.91 bits per heavy atom. The number of aromatic nitrogens is 3. The SMILES string of the molecule is C=C(C1CCN(Cc2ccnc(N)c2)CC1)N1CCC(n2c(SC)nc3c[c-]ccc32)CC1.[CH3-].[Rf]. The largest absolute Gasteiger partial charge is 0.384 e. The Morgan fingerprint density at radius 1 is 1.17 bits per heavy atom. The summed E-state index contributed by atoms with van der Waals surface area (Å²) in [5.41, 5.74) is 10.7. The summed E-state index contributed by atoms with van der Waals surface area (Å²) in [5, 5.41) is 1.12. The topological polar surface area (TPSA) is 63.2 Å². The minimum Gasteiger partial charge on any atom is -0.384 e. The van der Waals surface area contributed by atoms with Crippen LogP contribution in [0, 0.1) is 19.4 Å². The molecule has 184 valence electrons. The first kappa shape index (κ1) is 26.1. The van der Waals surface area contributed by atoms with Crippen LogP contribution in [0.1, 0.15) is 37.3 Å². The van der Waals surface area contributed by atoms with Gasteiger partial charge in [0.1, 0.15) is 5.82 Å². The zero-order valence-corrected chi connectivity index (χ0v) is 28.3. The number of nitrogens with two attached hydrogens (primary N) is 1. The van der Waals surface area contributed by atoms with Gasteiger partial charge in [0.05, 0.1) is 0 Å². The number of fused-ring (bicyclic) bond motifs is 1. The van der Waals surface area contributed by atoms with E-state index in [1.165, 1.54) is 29.6 Å². The molecule has 3 aromatic rings. The van der Waals surface area contributed by atoms with Gasteiger partial charge in [0.15, 0.2) is 5.16 Å². The molecule has 2 fully saturated rings. The van der Waals surface area contributed by atoms with Gasteiger partial charge in [0.2, 0.25) is 0 Å². The van der Waals surface area contributed by atoms with Crippen LogP contribution >= 0.6 is 11.8 Å². The Kier molecular flexibility index (Phi) is 8.41. The second-order valence-corrected chi connectivity index (χ2v) is 10.0. The molecule has 6 nitrogen and oxygen atoms in total. The van der Waals surface area contributed by atoms with E-state index in [9.17, 15) is 0 Å². The number of hydrogen-bond donors (Lipinski definition) is 1. The van der Waals surface area contributed by atoms with Crippen molar-refractivity contribution in [3.05, 3.63) is 67.9 Å². The number of piperidine rings is 2. The maximum absolute atomic E-state index is 5.84. The number of imidazole rings is 1. The van der Waals surface area contributed by atoms with Gasteiger partial charge >= 0.3 is 0 Å². The number of nitrogen functional groups attached to an aromatic ring is 1. The molecule has 0 radical (unpaired) electrons. The molecule has 8 heteroatoms. The molecule has 2 saturated heterocycles. The van der Waals surface area contributed by atoms with Crippen LogP contribution in [-0.4, -0.2) is 56.8 Å². The van der Waals surface area contributed by atoms with Crippen LogP contribution in [0.3, 0.4) is 0 Å². The second kappa shape index (κ2) is 11.3. The van der Waals surface area contributed by atoms with E-state index in [0.717, 1.165) is 56.2 Å².